The molecule has 2 aromatic carbocycles. The lowest BCUT2D eigenvalue weighted by Crippen LogP contribution is -2.29. The fraction of sp³-hybridized carbons (Fsp3) is 0.417. The predicted molar refractivity (Wildman–Crippen MR) is 123 cm³/mol. The molecule has 2 aromatic rings. The number of piperidine rings is 1. The van der Waals surface area contributed by atoms with Gasteiger partial charge in [0.05, 0.1) is 12.8 Å². The van der Waals surface area contributed by atoms with Gasteiger partial charge in [0.25, 0.3) is 0 Å². The Morgan fingerprint density at radius 3 is 2.45 bits per heavy atom. The van der Waals surface area contributed by atoms with E-state index in [0.717, 1.165) is 30.8 Å². The second-order valence-corrected chi connectivity index (χ2v) is 8.06. The molecule has 7 heteroatoms. The number of methoxy groups -OCH3 is 1. The van der Waals surface area contributed by atoms with E-state index in [1.165, 1.54) is 24.9 Å². The summed E-state index contributed by atoms with van der Waals surface area (Å²) < 4.78 is 5.45. The van der Waals surface area contributed by atoms with Gasteiger partial charge in [-0.15, -0.1) is 0 Å². The number of benzene rings is 2. The first-order valence-corrected chi connectivity index (χ1v) is 11.0. The van der Waals surface area contributed by atoms with Crippen LogP contribution in [0.1, 0.15) is 37.7 Å². The van der Waals surface area contributed by atoms with Gasteiger partial charge in [0.2, 0.25) is 5.91 Å². The molecule has 0 unspecified atom stereocenters. The van der Waals surface area contributed by atoms with Gasteiger partial charge in [-0.1, -0.05) is 12.1 Å². The average molecular weight is 423 g/mol. The molecule has 2 aliphatic heterocycles. The highest BCUT2D eigenvalue weighted by molar-refractivity contribution is 5.97. The number of carbonyl (C=O) groups is 2. The van der Waals surface area contributed by atoms with Crippen molar-refractivity contribution in [3.05, 3.63) is 48.0 Å². The summed E-state index contributed by atoms with van der Waals surface area (Å²) in [5.74, 6) is 0.671. The van der Waals surface area contributed by atoms with Crippen molar-refractivity contribution in [3.8, 4) is 5.75 Å². The zero-order valence-electron chi connectivity index (χ0n) is 18.0. The zero-order valence-corrected chi connectivity index (χ0v) is 18.0. The van der Waals surface area contributed by atoms with Crippen LogP contribution in [-0.2, 0) is 11.3 Å². The molecule has 31 heavy (non-hydrogen) atoms. The number of rotatable bonds is 6. The van der Waals surface area contributed by atoms with Crippen molar-refractivity contribution in [1.82, 2.24) is 5.32 Å². The summed E-state index contributed by atoms with van der Waals surface area (Å²) in [6.45, 7) is 3.38. The Kier molecular flexibility index (Phi) is 6.60. The minimum atomic E-state index is -0.285. The second kappa shape index (κ2) is 9.73. The van der Waals surface area contributed by atoms with E-state index < -0.39 is 0 Å². The minimum Gasteiger partial charge on any atom is -0.494 e. The van der Waals surface area contributed by atoms with Gasteiger partial charge >= 0.3 is 6.03 Å². The number of amides is 3. The standard InChI is InChI=1S/C24H30N4O3/c1-31-22-16-19(9-12-21(22)28-15-5-6-23(28)29)26-24(30)25-17-18-7-10-20(11-8-18)27-13-3-2-4-14-27/h7-12,16H,2-6,13-15,17H2,1H3,(H2,25,26,30). The van der Waals surface area contributed by atoms with E-state index in [1.54, 1.807) is 24.1 Å². The number of urea groups is 1. The maximum absolute atomic E-state index is 12.4. The number of anilines is 3. The summed E-state index contributed by atoms with van der Waals surface area (Å²) >= 11 is 0. The van der Waals surface area contributed by atoms with E-state index in [2.05, 4.69) is 39.8 Å². The van der Waals surface area contributed by atoms with E-state index in [0.29, 0.717) is 30.9 Å². The quantitative estimate of drug-likeness (QED) is 0.734. The Morgan fingerprint density at radius 2 is 1.77 bits per heavy atom. The summed E-state index contributed by atoms with van der Waals surface area (Å²) in [5.41, 5.74) is 3.66. The van der Waals surface area contributed by atoms with Crippen LogP contribution in [0.5, 0.6) is 5.75 Å². The Morgan fingerprint density at radius 1 is 1.00 bits per heavy atom. The van der Waals surface area contributed by atoms with Gasteiger partial charge in [-0.05, 0) is 55.5 Å². The number of ether oxygens (including phenoxy) is 1. The van der Waals surface area contributed by atoms with Gasteiger partial charge in [-0.3, -0.25) is 4.79 Å². The van der Waals surface area contributed by atoms with Crippen LogP contribution in [0, 0.1) is 0 Å². The summed E-state index contributed by atoms with van der Waals surface area (Å²) in [6, 6.07) is 13.4. The molecule has 2 N–H and O–H groups in total. The molecular weight excluding hydrogens is 392 g/mol. The van der Waals surface area contributed by atoms with Gasteiger partial charge in [0, 0.05) is 50.0 Å². The molecule has 2 heterocycles. The molecule has 4 rings (SSSR count). The number of hydrogen-bond acceptors (Lipinski definition) is 4. The lowest BCUT2D eigenvalue weighted by molar-refractivity contribution is -0.117. The molecule has 2 fully saturated rings. The monoisotopic (exact) mass is 422 g/mol. The van der Waals surface area contributed by atoms with Crippen molar-refractivity contribution in [1.29, 1.82) is 0 Å². The Hall–Kier alpha value is -3.22. The minimum absolute atomic E-state index is 0.100. The van der Waals surface area contributed by atoms with Crippen molar-refractivity contribution < 1.29 is 14.3 Å². The summed E-state index contributed by atoms with van der Waals surface area (Å²) in [4.78, 5) is 28.5. The largest absolute Gasteiger partial charge is 0.494 e. The van der Waals surface area contributed by atoms with Gasteiger partial charge in [-0.25, -0.2) is 4.79 Å². The topological polar surface area (TPSA) is 73.9 Å². The number of hydrogen-bond donors (Lipinski definition) is 2. The molecule has 0 aliphatic carbocycles. The van der Waals surface area contributed by atoms with Crippen LogP contribution in [0.15, 0.2) is 42.5 Å². The van der Waals surface area contributed by atoms with E-state index in [4.69, 9.17) is 4.74 Å². The van der Waals surface area contributed by atoms with Crippen molar-refractivity contribution in [2.45, 2.75) is 38.6 Å². The molecule has 2 saturated heterocycles. The van der Waals surface area contributed by atoms with Crippen molar-refractivity contribution in [2.24, 2.45) is 0 Å². The van der Waals surface area contributed by atoms with Crippen LogP contribution >= 0.6 is 0 Å². The Bertz CT molecular complexity index is 923. The molecule has 7 nitrogen and oxygen atoms in total. The maximum Gasteiger partial charge on any atom is 0.319 e. The lowest BCUT2D eigenvalue weighted by Gasteiger charge is -2.28. The first-order chi connectivity index (χ1) is 15.1. The Labute approximate surface area is 183 Å². The van der Waals surface area contributed by atoms with Crippen LogP contribution in [0.25, 0.3) is 0 Å². The lowest BCUT2D eigenvalue weighted by atomic mass is 10.1. The summed E-state index contributed by atoms with van der Waals surface area (Å²) in [7, 11) is 1.57. The molecule has 0 saturated carbocycles. The molecule has 0 atom stereocenters. The first-order valence-electron chi connectivity index (χ1n) is 11.0. The molecule has 164 valence electrons. The highest BCUT2D eigenvalue weighted by Crippen LogP contribution is 2.33. The van der Waals surface area contributed by atoms with Crippen molar-refractivity contribution in [2.75, 3.05) is 41.9 Å². The Balaban J connectivity index is 1.32. The van der Waals surface area contributed by atoms with E-state index in [-0.39, 0.29) is 11.9 Å². The predicted octanol–water partition coefficient (Wildman–Crippen LogP) is 4.13. The van der Waals surface area contributed by atoms with Crippen LogP contribution in [0.2, 0.25) is 0 Å². The van der Waals surface area contributed by atoms with Crippen molar-refractivity contribution >= 4 is 29.0 Å². The summed E-state index contributed by atoms with van der Waals surface area (Å²) in [5, 5.41) is 5.73. The van der Waals surface area contributed by atoms with Crippen LogP contribution in [0.3, 0.4) is 0 Å². The SMILES string of the molecule is COc1cc(NC(=O)NCc2ccc(N3CCCCC3)cc2)ccc1N1CCCC1=O. The molecule has 2 aliphatic rings. The summed E-state index contributed by atoms with van der Waals surface area (Å²) in [6.07, 6.45) is 5.24. The van der Waals surface area contributed by atoms with Crippen LogP contribution in [0.4, 0.5) is 21.9 Å². The van der Waals surface area contributed by atoms with Crippen LogP contribution < -0.4 is 25.2 Å². The first kappa shape index (κ1) is 21.0. The fourth-order valence-electron chi connectivity index (χ4n) is 4.22. The third-order valence-corrected chi connectivity index (χ3v) is 5.91. The van der Waals surface area contributed by atoms with Crippen LogP contribution in [-0.4, -0.2) is 38.7 Å². The maximum atomic E-state index is 12.4. The van der Waals surface area contributed by atoms with Gasteiger partial charge in [0.15, 0.2) is 0 Å². The molecule has 0 spiro atoms. The molecule has 0 aromatic heterocycles. The third-order valence-electron chi connectivity index (χ3n) is 5.91. The normalized spacial score (nSPS) is 16.4. The van der Waals surface area contributed by atoms with Gasteiger partial charge in [-0.2, -0.15) is 0 Å². The molecule has 3 amide bonds. The van der Waals surface area contributed by atoms with E-state index >= 15 is 0 Å². The molecule has 0 radical (unpaired) electrons. The highest BCUT2D eigenvalue weighted by atomic mass is 16.5. The second-order valence-electron chi connectivity index (χ2n) is 8.06. The van der Waals surface area contributed by atoms with Gasteiger partial charge in [0.1, 0.15) is 5.75 Å². The molecular formula is C24H30N4O3. The number of nitrogens with zero attached hydrogens (tertiary/aromatic N) is 2. The fourth-order valence-corrected chi connectivity index (χ4v) is 4.22. The highest BCUT2D eigenvalue weighted by Gasteiger charge is 2.24. The van der Waals surface area contributed by atoms with Gasteiger partial charge < -0.3 is 25.2 Å². The zero-order chi connectivity index (χ0) is 21.6. The molecule has 0 bridgehead atoms. The smallest absolute Gasteiger partial charge is 0.319 e. The van der Waals surface area contributed by atoms with E-state index in [9.17, 15) is 9.59 Å². The third kappa shape index (κ3) is 5.10. The average Bonchev–Trinajstić information content (AvgIpc) is 3.24. The number of nitrogens with one attached hydrogen (secondary N) is 2. The van der Waals surface area contributed by atoms with Crippen molar-refractivity contribution in [3.63, 3.8) is 0 Å². The van der Waals surface area contributed by atoms with E-state index in [1.807, 2.05) is 6.07 Å². The number of carbonyl (C=O) groups excluding carboxylic acids is 2.